The van der Waals surface area contributed by atoms with Gasteiger partial charge in [-0.1, -0.05) is 11.6 Å². The van der Waals surface area contributed by atoms with Gasteiger partial charge in [0.05, 0.1) is 21.1 Å². The van der Waals surface area contributed by atoms with Crippen LogP contribution in [0.5, 0.6) is 0 Å². The van der Waals surface area contributed by atoms with Crippen molar-refractivity contribution in [2.24, 2.45) is 0 Å². The number of amidine groups is 1. The van der Waals surface area contributed by atoms with Crippen LogP contribution in [-0.2, 0) is 6.54 Å². The summed E-state index contributed by atoms with van der Waals surface area (Å²) in [6.07, 6.45) is 5.95. The number of nitrogens with one attached hydrogen (secondary N) is 2. The third-order valence-corrected chi connectivity index (χ3v) is 5.94. The molecule has 1 fully saturated rings. The molecule has 0 radical (unpaired) electrons. The highest BCUT2D eigenvalue weighted by atomic mass is 35.5. The van der Waals surface area contributed by atoms with Gasteiger partial charge in [0, 0.05) is 37.0 Å². The predicted octanol–water partition coefficient (Wildman–Crippen LogP) is 3.94. The lowest BCUT2D eigenvalue weighted by atomic mass is 10.1. The maximum absolute atomic E-state index is 12.1. The number of rotatable bonds is 5. The summed E-state index contributed by atoms with van der Waals surface area (Å²) in [5, 5.41) is 15.6. The molecule has 1 saturated heterocycles. The van der Waals surface area contributed by atoms with Gasteiger partial charge < -0.3 is 10.2 Å². The van der Waals surface area contributed by atoms with Crippen LogP contribution in [-0.4, -0.2) is 39.5 Å². The number of aromatic nitrogens is 2. The molecule has 4 rings (SSSR count). The van der Waals surface area contributed by atoms with Gasteiger partial charge in [-0.15, -0.1) is 11.3 Å². The second-order valence-electron chi connectivity index (χ2n) is 6.67. The quantitative estimate of drug-likeness (QED) is 0.491. The van der Waals surface area contributed by atoms with Crippen molar-refractivity contribution >= 4 is 34.7 Å². The first kappa shape index (κ1) is 18.7. The summed E-state index contributed by atoms with van der Waals surface area (Å²) < 4.78 is 2.37. The number of hydrogen-bond acceptors (Lipinski definition) is 4. The maximum atomic E-state index is 12.1. The average Bonchev–Trinajstić information content (AvgIpc) is 3.47. The molecule has 1 aliphatic rings. The van der Waals surface area contributed by atoms with Gasteiger partial charge in [0.15, 0.2) is 0 Å². The number of hydrogen-bond donors (Lipinski definition) is 2. The second kappa shape index (κ2) is 8.16. The largest absolute Gasteiger partial charge is 0.357 e. The van der Waals surface area contributed by atoms with Crippen LogP contribution >= 0.6 is 22.9 Å². The molecule has 1 aromatic carbocycles. The lowest BCUT2D eigenvalue weighted by molar-refractivity contribution is 0.0955. The van der Waals surface area contributed by atoms with Crippen LogP contribution in [0.1, 0.15) is 33.6 Å². The van der Waals surface area contributed by atoms with Gasteiger partial charge in [0.25, 0.3) is 5.91 Å². The van der Waals surface area contributed by atoms with Crippen LogP contribution in [0.4, 0.5) is 0 Å². The Morgan fingerprint density at radius 1 is 1.18 bits per heavy atom. The topological polar surface area (TPSA) is 74.0 Å². The summed E-state index contributed by atoms with van der Waals surface area (Å²) in [5.74, 6) is 0.441. The Hall–Kier alpha value is -2.64. The van der Waals surface area contributed by atoms with E-state index in [4.69, 9.17) is 17.0 Å². The molecule has 0 unspecified atom stereocenters. The summed E-state index contributed by atoms with van der Waals surface area (Å²) in [4.78, 5) is 14.8. The van der Waals surface area contributed by atoms with Crippen molar-refractivity contribution < 1.29 is 4.79 Å². The van der Waals surface area contributed by atoms with E-state index in [-0.39, 0.29) is 5.91 Å². The van der Waals surface area contributed by atoms with E-state index in [9.17, 15) is 4.79 Å². The van der Waals surface area contributed by atoms with Gasteiger partial charge in [0.1, 0.15) is 5.84 Å². The molecule has 0 atom stereocenters. The van der Waals surface area contributed by atoms with Crippen LogP contribution < -0.4 is 5.32 Å². The lowest BCUT2D eigenvalue weighted by Crippen LogP contribution is -2.27. The molecule has 0 bridgehead atoms. The summed E-state index contributed by atoms with van der Waals surface area (Å²) in [6.45, 7) is 2.32. The van der Waals surface area contributed by atoms with Crippen molar-refractivity contribution in [3.8, 4) is 5.69 Å². The van der Waals surface area contributed by atoms with Gasteiger partial charge in [-0.05, 0) is 49.2 Å². The van der Waals surface area contributed by atoms with E-state index in [2.05, 4.69) is 15.3 Å². The predicted molar refractivity (Wildman–Crippen MR) is 112 cm³/mol. The molecule has 3 aromatic rings. The lowest BCUT2D eigenvalue weighted by Gasteiger charge is -2.18. The van der Waals surface area contributed by atoms with Gasteiger partial charge in [0.2, 0.25) is 0 Å². The third-order valence-electron chi connectivity index (χ3n) is 4.71. The zero-order valence-corrected chi connectivity index (χ0v) is 16.8. The highest BCUT2D eigenvalue weighted by Crippen LogP contribution is 2.21. The van der Waals surface area contributed by atoms with Crippen molar-refractivity contribution in [3.63, 3.8) is 0 Å². The van der Waals surface area contributed by atoms with Crippen LogP contribution in [0.3, 0.4) is 0 Å². The first-order valence-electron chi connectivity index (χ1n) is 9.11. The molecule has 3 heterocycles. The fourth-order valence-corrected chi connectivity index (χ4v) is 4.15. The molecule has 1 amide bonds. The van der Waals surface area contributed by atoms with E-state index in [1.54, 1.807) is 23.0 Å². The number of thiophene rings is 1. The zero-order valence-electron chi connectivity index (χ0n) is 15.2. The summed E-state index contributed by atoms with van der Waals surface area (Å²) in [5.41, 5.74) is 2.74. The van der Waals surface area contributed by atoms with E-state index in [1.807, 2.05) is 30.5 Å². The minimum Gasteiger partial charge on any atom is -0.357 e. The van der Waals surface area contributed by atoms with Crippen molar-refractivity contribution in [1.29, 1.82) is 5.41 Å². The summed E-state index contributed by atoms with van der Waals surface area (Å²) in [6, 6.07) is 11.3. The second-order valence-corrected chi connectivity index (χ2v) is 8.38. The van der Waals surface area contributed by atoms with Crippen LogP contribution in [0.25, 0.3) is 5.69 Å². The normalized spacial score (nSPS) is 13.7. The van der Waals surface area contributed by atoms with Crippen LogP contribution in [0, 0.1) is 5.41 Å². The zero-order chi connectivity index (χ0) is 19.5. The molecular weight excluding hydrogens is 394 g/mol. The van der Waals surface area contributed by atoms with E-state index in [1.165, 1.54) is 11.3 Å². The number of amides is 1. The SMILES string of the molecule is N=C(c1ccc(-n2cc(CNC(=O)c3ccc(Cl)s3)cn2)cc1)N1CCCC1. The highest BCUT2D eigenvalue weighted by Gasteiger charge is 2.16. The van der Waals surface area contributed by atoms with E-state index in [0.717, 1.165) is 42.7 Å². The standard InChI is InChI=1S/C20H20ClN5OS/c21-18-8-7-17(28-18)20(27)23-11-14-12-24-26(13-14)16-5-3-15(4-6-16)19(22)25-9-1-2-10-25/h3-8,12-13,22H,1-2,9-11H2,(H,23,27). The molecular formula is C20H20ClN5OS. The number of carbonyl (C=O) groups is 1. The van der Waals surface area contributed by atoms with E-state index >= 15 is 0 Å². The van der Waals surface area contributed by atoms with Crippen molar-refractivity contribution in [2.45, 2.75) is 19.4 Å². The van der Waals surface area contributed by atoms with Crippen molar-refractivity contribution in [1.82, 2.24) is 20.0 Å². The highest BCUT2D eigenvalue weighted by molar-refractivity contribution is 7.17. The molecule has 1 aliphatic heterocycles. The number of nitrogens with zero attached hydrogens (tertiary/aromatic N) is 3. The molecule has 0 aliphatic carbocycles. The molecule has 0 saturated carbocycles. The maximum Gasteiger partial charge on any atom is 0.261 e. The van der Waals surface area contributed by atoms with Crippen LogP contribution in [0.15, 0.2) is 48.8 Å². The third kappa shape index (κ3) is 4.10. The monoisotopic (exact) mass is 413 g/mol. The Morgan fingerprint density at radius 3 is 2.61 bits per heavy atom. The van der Waals surface area contributed by atoms with E-state index < -0.39 is 0 Å². The Bertz CT molecular complexity index is 988. The Balaban J connectivity index is 1.38. The molecule has 8 heteroatoms. The van der Waals surface area contributed by atoms with Gasteiger partial charge >= 0.3 is 0 Å². The number of likely N-dealkylation sites (tertiary alicyclic amines) is 1. The summed E-state index contributed by atoms with van der Waals surface area (Å²) >= 11 is 7.13. The molecule has 2 N–H and O–H groups in total. The Morgan fingerprint density at radius 2 is 1.93 bits per heavy atom. The van der Waals surface area contributed by atoms with Gasteiger partial charge in [-0.2, -0.15) is 5.10 Å². The molecule has 6 nitrogen and oxygen atoms in total. The van der Waals surface area contributed by atoms with Gasteiger partial charge in [-0.3, -0.25) is 10.2 Å². The van der Waals surface area contributed by atoms with E-state index in [0.29, 0.717) is 21.6 Å². The fourth-order valence-electron chi connectivity index (χ4n) is 3.19. The van der Waals surface area contributed by atoms with Crippen molar-refractivity contribution in [2.75, 3.05) is 13.1 Å². The van der Waals surface area contributed by atoms with Gasteiger partial charge in [-0.25, -0.2) is 4.68 Å². The average molecular weight is 414 g/mol. The molecule has 28 heavy (non-hydrogen) atoms. The molecule has 2 aromatic heterocycles. The first-order valence-corrected chi connectivity index (χ1v) is 10.3. The molecule has 144 valence electrons. The minimum atomic E-state index is -0.144. The smallest absolute Gasteiger partial charge is 0.261 e. The Kier molecular flexibility index (Phi) is 5.45. The van der Waals surface area contributed by atoms with Crippen molar-refractivity contribution in [3.05, 3.63) is 69.1 Å². The van der Waals surface area contributed by atoms with Crippen LogP contribution in [0.2, 0.25) is 4.34 Å². The minimum absolute atomic E-state index is 0.144. The number of benzene rings is 1. The fraction of sp³-hybridized carbons (Fsp3) is 0.250. The number of carbonyl (C=O) groups excluding carboxylic acids is 1. The molecule has 0 spiro atoms. The number of halogens is 1. The first-order chi connectivity index (χ1) is 13.6. The Labute approximate surface area is 172 Å². The summed E-state index contributed by atoms with van der Waals surface area (Å²) in [7, 11) is 0.